The summed E-state index contributed by atoms with van der Waals surface area (Å²) in [5.74, 6) is -0.179. The van der Waals surface area contributed by atoms with Gasteiger partial charge in [0.05, 0.1) is 15.6 Å². The van der Waals surface area contributed by atoms with Crippen LogP contribution in [0.3, 0.4) is 0 Å². The summed E-state index contributed by atoms with van der Waals surface area (Å²) in [4.78, 5) is 16.2. The van der Waals surface area contributed by atoms with Crippen LogP contribution in [0.15, 0.2) is 53.2 Å². The van der Waals surface area contributed by atoms with E-state index in [-0.39, 0.29) is 5.70 Å². The Morgan fingerprint density at radius 3 is 2.59 bits per heavy atom. The van der Waals surface area contributed by atoms with Crippen LogP contribution in [0.1, 0.15) is 11.1 Å². The summed E-state index contributed by atoms with van der Waals surface area (Å²) in [6.07, 6.45) is 1.62. The smallest absolute Gasteiger partial charge is 0.363 e. The van der Waals surface area contributed by atoms with Crippen molar-refractivity contribution < 1.29 is 9.53 Å². The highest BCUT2D eigenvalue weighted by molar-refractivity contribution is 14.1. The van der Waals surface area contributed by atoms with E-state index in [4.69, 9.17) is 27.9 Å². The van der Waals surface area contributed by atoms with Crippen LogP contribution < -0.4 is 0 Å². The highest BCUT2D eigenvalue weighted by Crippen LogP contribution is 2.26. The normalized spacial score (nSPS) is 15.9. The SMILES string of the molecule is O=C1OC(c2ccccc2I)=NC1=Cc1ccc(Cl)c(Cl)c1. The molecule has 22 heavy (non-hydrogen) atoms. The van der Waals surface area contributed by atoms with Gasteiger partial charge in [0.15, 0.2) is 5.70 Å². The van der Waals surface area contributed by atoms with Crippen molar-refractivity contribution in [1.82, 2.24) is 0 Å². The Kier molecular flexibility index (Phi) is 4.52. The molecule has 0 amide bonds. The topological polar surface area (TPSA) is 38.7 Å². The standard InChI is InChI=1S/C16H8Cl2INO2/c17-11-6-5-9(7-12(11)18)8-14-16(21)22-15(20-14)10-3-1-2-4-13(10)19/h1-8H. The first-order valence-corrected chi connectivity index (χ1v) is 8.10. The molecule has 0 unspecified atom stereocenters. The quantitative estimate of drug-likeness (QED) is 0.374. The number of hydrogen-bond donors (Lipinski definition) is 0. The monoisotopic (exact) mass is 443 g/mol. The molecule has 0 atom stereocenters. The summed E-state index contributed by atoms with van der Waals surface area (Å²) >= 11 is 14.0. The minimum atomic E-state index is -0.485. The molecule has 2 aromatic rings. The van der Waals surface area contributed by atoms with Crippen LogP contribution in [0.25, 0.3) is 6.08 Å². The van der Waals surface area contributed by atoms with Crippen molar-refractivity contribution in [2.45, 2.75) is 0 Å². The average Bonchev–Trinajstić information content (AvgIpc) is 2.84. The third-order valence-electron chi connectivity index (χ3n) is 2.97. The van der Waals surface area contributed by atoms with Crippen LogP contribution in [-0.4, -0.2) is 11.9 Å². The molecule has 3 nitrogen and oxygen atoms in total. The first-order chi connectivity index (χ1) is 10.5. The van der Waals surface area contributed by atoms with Crippen molar-refractivity contribution in [3.05, 3.63) is 72.9 Å². The first kappa shape index (κ1) is 15.5. The van der Waals surface area contributed by atoms with Gasteiger partial charge < -0.3 is 4.74 Å². The second kappa shape index (κ2) is 6.40. The van der Waals surface area contributed by atoms with E-state index in [1.165, 1.54) is 0 Å². The van der Waals surface area contributed by atoms with Gasteiger partial charge in [-0.2, -0.15) is 0 Å². The fourth-order valence-corrected chi connectivity index (χ4v) is 2.84. The fraction of sp³-hybridized carbons (Fsp3) is 0. The van der Waals surface area contributed by atoms with Gasteiger partial charge in [0.25, 0.3) is 0 Å². The Morgan fingerprint density at radius 2 is 1.86 bits per heavy atom. The zero-order valence-electron chi connectivity index (χ0n) is 11.0. The molecule has 0 radical (unpaired) electrons. The molecule has 3 rings (SSSR count). The predicted molar refractivity (Wildman–Crippen MR) is 96.2 cm³/mol. The van der Waals surface area contributed by atoms with Gasteiger partial charge in [-0.05, 0) is 58.5 Å². The maximum Gasteiger partial charge on any atom is 0.363 e. The lowest BCUT2D eigenvalue weighted by molar-refractivity contribution is -0.129. The molecule has 0 saturated heterocycles. The highest BCUT2D eigenvalue weighted by Gasteiger charge is 2.25. The first-order valence-electron chi connectivity index (χ1n) is 6.27. The third-order valence-corrected chi connectivity index (χ3v) is 4.65. The number of rotatable bonds is 2. The fourth-order valence-electron chi connectivity index (χ4n) is 1.92. The van der Waals surface area contributed by atoms with E-state index >= 15 is 0 Å². The van der Waals surface area contributed by atoms with E-state index < -0.39 is 5.97 Å². The molecule has 0 N–H and O–H groups in total. The molecule has 2 aromatic carbocycles. The molecule has 110 valence electrons. The van der Waals surface area contributed by atoms with E-state index in [0.29, 0.717) is 15.9 Å². The molecule has 0 spiro atoms. The number of cyclic esters (lactones) is 1. The van der Waals surface area contributed by atoms with Crippen molar-refractivity contribution in [2.24, 2.45) is 4.99 Å². The van der Waals surface area contributed by atoms with Crippen LogP contribution in [0.5, 0.6) is 0 Å². The summed E-state index contributed by atoms with van der Waals surface area (Å²) in [6.45, 7) is 0. The number of esters is 1. The molecule has 0 aromatic heterocycles. The van der Waals surface area contributed by atoms with E-state index in [1.54, 1.807) is 24.3 Å². The molecule has 0 fully saturated rings. The Balaban J connectivity index is 1.98. The Morgan fingerprint density at radius 1 is 1.09 bits per heavy atom. The number of halogens is 3. The molecular formula is C16H8Cl2INO2. The van der Waals surface area contributed by atoms with E-state index in [1.807, 2.05) is 24.3 Å². The van der Waals surface area contributed by atoms with Crippen LogP contribution in [-0.2, 0) is 9.53 Å². The van der Waals surface area contributed by atoms with E-state index in [9.17, 15) is 4.79 Å². The summed E-state index contributed by atoms with van der Waals surface area (Å²) in [5, 5.41) is 0.880. The number of hydrogen-bond acceptors (Lipinski definition) is 3. The lowest BCUT2D eigenvalue weighted by Crippen LogP contribution is -2.06. The molecule has 1 aliphatic heterocycles. The highest BCUT2D eigenvalue weighted by atomic mass is 127. The van der Waals surface area contributed by atoms with Gasteiger partial charge in [-0.1, -0.05) is 41.4 Å². The maximum absolute atomic E-state index is 12.0. The minimum absolute atomic E-state index is 0.230. The summed E-state index contributed by atoms with van der Waals surface area (Å²) in [6, 6.07) is 12.7. The minimum Gasteiger partial charge on any atom is -0.402 e. The van der Waals surface area contributed by atoms with Gasteiger partial charge in [0.2, 0.25) is 5.90 Å². The summed E-state index contributed by atoms with van der Waals surface area (Å²) < 4.78 is 6.21. The summed E-state index contributed by atoms with van der Waals surface area (Å²) in [5.41, 5.74) is 1.75. The lowest BCUT2D eigenvalue weighted by atomic mass is 10.2. The van der Waals surface area contributed by atoms with Crippen LogP contribution in [0, 0.1) is 3.57 Å². The second-order valence-corrected chi connectivity index (χ2v) is 6.47. The third kappa shape index (κ3) is 3.19. The van der Waals surface area contributed by atoms with Crippen molar-refractivity contribution in [2.75, 3.05) is 0 Å². The van der Waals surface area contributed by atoms with Gasteiger partial charge in [0.1, 0.15) is 0 Å². The zero-order valence-corrected chi connectivity index (χ0v) is 14.7. The maximum atomic E-state index is 12.0. The van der Waals surface area contributed by atoms with Crippen molar-refractivity contribution >= 4 is 63.7 Å². The van der Waals surface area contributed by atoms with Gasteiger partial charge in [0, 0.05) is 3.57 Å². The average molecular weight is 444 g/mol. The van der Waals surface area contributed by atoms with Gasteiger partial charge >= 0.3 is 5.97 Å². The van der Waals surface area contributed by atoms with Gasteiger partial charge in [-0.25, -0.2) is 9.79 Å². The lowest BCUT2D eigenvalue weighted by Gasteiger charge is -2.01. The van der Waals surface area contributed by atoms with Gasteiger partial charge in [-0.15, -0.1) is 0 Å². The van der Waals surface area contributed by atoms with Crippen LogP contribution >= 0.6 is 45.8 Å². The molecule has 0 bridgehead atoms. The molecule has 1 aliphatic rings. The largest absolute Gasteiger partial charge is 0.402 e. The number of benzene rings is 2. The van der Waals surface area contributed by atoms with Crippen molar-refractivity contribution in [3.8, 4) is 0 Å². The molecule has 0 saturated carbocycles. The van der Waals surface area contributed by atoms with E-state index in [0.717, 1.165) is 14.7 Å². The van der Waals surface area contributed by atoms with Crippen LogP contribution in [0.2, 0.25) is 10.0 Å². The summed E-state index contributed by atoms with van der Waals surface area (Å²) in [7, 11) is 0. The van der Waals surface area contributed by atoms with Crippen molar-refractivity contribution in [1.29, 1.82) is 0 Å². The van der Waals surface area contributed by atoms with E-state index in [2.05, 4.69) is 27.6 Å². The van der Waals surface area contributed by atoms with Crippen LogP contribution in [0.4, 0.5) is 0 Å². The number of nitrogens with zero attached hydrogens (tertiary/aromatic N) is 1. The zero-order chi connectivity index (χ0) is 15.7. The molecular weight excluding hydrogens is 436 g/mol. The second-order valence-electron chi connectivity index (χ2n) is 4.49. The van der Waals surface area contributed by atoms with Crippen molar-refractivity contribution in [3.63, 3.8) is 0 Å². The Bertz CT molecular complexity index is 831. The molecule has 6 heteroatoms. The molecule has 0 aliphatic carbocycles. The number of carbonyl (C=O) groups excluding carboxylic acids is 1. The van der Waals surface area contributed by atoms with Gasteiger partial charge in [-0.3, -0.25) is 0 Å². The predicted octanol–water partition coefficient (Wildman–Crippen LogP) is 4.94. The number of ether oxygens (including phenoxy) is 1. The Hall–Kier alpha value is -1.37. The Labute approximate surface area is 150 Å². The molecule has 1 heterocycles. The number of aliphatic imine (C=N–C) groups is 1. The number of carbonyl (C=O) groups is 1.